The van der Waals surface area contributed by atoms with Crippen LogP contribution in [0.15, 0.2) is 84.0 Å². The predicted octanol–water partition coefficient (Wildman–Crippen LogP) is 5.17. The molecule has 1 N–H and O–H groups in total. The van der Waals surface area contributed by atoms with E-state index in [4.69, 9.17) is 27.9 Å². The van der Waals surface area contributed by atoms with E-state index in [2.05, 4.69) is 14.9 Å². The van der Waals surface area contributed by atoms with Gasteiger partial charge in [0.15, 0.2) is 5.82 Å². The predicted molar refractivity (Wildman–Crippen MR) is 115 cm³/mol. The number of anilines is 1. The molecule has 0 amide bonds. The molecule has 0 saturated heterocycles. The summed E-state index contributed by atoms with van der Waals surface area (Å²) in [5.74, 6) is 1.45. The lowest BCUT2D eigenvalue weighted by Crippen LogP contribution is -2.13. The molecule has 0 aliphatic heterocycles. The molecule has 0 unspecified atom stereocenters. The number of halogens is 2. The number of nitrogens with zero attached hydrogens (tertiary/aromatic N) is 3. The molecule has 2 aromatic heterocycles. The SMILES string of the molecule is O=S(=O)(Nc1ccc(Oc2ccc(-n3cccc3)nn2)cc1)c1cc(Cl)ccc1Cl. The minimum Gasteiger partial charge on any atom is -0.438 e. The summed E-state index contributed by atoms with van der Waals surface area (Å²) in [6.45, 7) is 0. The molecule has 0 atom stereocenters. The van der Waals surface area contributed by atoms with E-state index in [9.17, 15) is 8.42 Å². The maximum Gasteiger partial charge on any atom is 0.263 e. The molecule has 152 valence electrons. The first-order chi connectivity index (χ1) is 14.4. The Labute approximate surface area is 182 Å². The van der Waals surface area contributed by atoms with E-state index in [1.165, 1.54) is 18.2 Å². The Balaban J connectivity index is 1.46. The second kappa shape index (κ2) is 8.35. The molecule has 0 spiro atoms. The summed E-state index contributed by atoms with van der Waals surface area (Å²) in [5.41, 5.74) is 0.340. The first-order valence-electron chi connectivity index (χ1n) is 8.64. The van der Waals surface area contributed by atoms with Gasteiger partial charge < -0.3 is 9.30 Å². The van der Waals surface area contributed by atoms with Crippen LogP contribution in [-0.4, -0.2) is 23.2 Å². The van der Waals surface area contributed by atoms with Crippen molar-refractivity contribution in [2.75, 3.05) is 4.72 Å². The fourth-order valence-corrected chi connectivity index (χ4v) is 4.42. The normalized spacial score (nSPS) is 11.3. The number of hydrogen-bond donors (Lipinski definition) is 1. The zero-order chi connectivity index (χ0) is 21.1. The summed E-state index contributed by atoms with van der Waals surface area (Å²) >= 11 is 11.9. The molecule has 0 radical (unpaired) electrons. The van der Waals surface area contributed by atoms with Gasteiger partial charge in [-0.3, -0.25) is 4.72 Å². The third kappa shape index (κ3) is 4.56. The Morgan fingerprint density at radius 3 is 2.30 bits per heavy atom. The van der Waals surface area contributed by atoms with Crippen molar-refractivity contribution in [3.63, 3.8) is 0 Å². The average Bonchev–Trinajstić information content (AvgIpc) is 3.26. The van der Waals surface area contributed by atoms with Crippen molar-refractivity contribution in [2.24, 2.45) is 0 Å². The van der Waals surface area contributed by atoms with Crippen LogP contribution >= 0.6 is 23.2 Å². The molecule has 4 rings (SSSR count). The van der Waals surface area contributed by atoms with Gasteiger partial charge in [-0.25, -0.2) is 8.42 Å². The van der Waals surface area contributed by atoms with Crippen molar-refractivity contribution < 1.29 is 13.2 Å². The third-order valence-corrected chi connectivity index (χ3v) is 6.10. The fourth-order valence-electron chi connectivity index (χ4n) is 2.60. The molecule has 0 saturated carbocycles. The van der Waals surface area contributed by atoms with Crippen LogP contribution in [0.25, 0.3) is 5.82 Å². The molecular formula is C20H14Cl2N4O3S. The monoisotopic (exact) mass is 460 g/mol. The van der Waals surface area contributed by atoms with Crippen LogP contribution in [0.2, 0.25) is 10.0 Å². The quantitative estimate of drug-likeness (QED) is 0.428. The first-order valence-corrected chi connectivity index (χ1v) is 10.9. The average molecular weight is 461 g/mol. The summed E-state index contributed by atoms with van der Waals surface area (Å²) in [7, 11) is -3.90. The molecule has 0 aliphatic carbocycles. The van der Waals surface area contributed by atoms with Crippen LogP contribution in [0, 0.1) is 0 Å². The fraction of sp³-hybridized carbons (Fsp3) is 0. The minimum absolute atomic E-state index is 0.0776. The summed E-state index contributed by atoms with van der Waals surface area (Å²) in [6, 6.07) is 17.8. The van der Waals surface area contributed by atoms with Crippen LogP contribution in [0.4, 0.5) is 5.69 Å². The van der Waals surface area contributed by atoms with Gasteiger partial charge in [-0.2, -0.15) is 0 Å². The number of ether oxygens (including phenoxy) is 1. The molecule has 30 heavy (non-hydrogen) atoms. The van der Waals surface area contributed by atoms with E-state index in [1.807, 2.05) is 29.1 Å². The Hall–Kier alpha value is -3.07. The van der Waals surface area contributed by atoms with E-state index in [0.717, 1.165) is 0 Å². The molecule has 0 aliphatic rings. The van der Waals surface area contributed by atoms with Crippen molar-refractivity contribution in [1.29, 1.82) is 0 Å². The van der Waals surface area contributed by atoms with Gasteiger partial charge in [-0.1, -0.05) is 23.2 Å². The Bertz CT molecular complexity index is 1260. The van der Waals surface area contributed by atoms with Crippen LogP contribution < -0.4 is 9.46 Å². The van der Waals surface area contributed by atoms with E-state index in [1.54, 1.807) is 36.4 Å². The zero-order valence-electron chi connectivity index (χ0n) is 15.2. The minimum atomic E-state index is -3.90. The van der Waals surface area contributed by atoms with Gasteiger partial charge in [0, 0.05) is 29.2 Å². The number of benzene rings is 2. The summed E-state index contributed by atoms with van der Waals surface area (Å²) in [6.07, 6.45) is 3.72. The van der Waals surface area contributed by atoms with Gasteiger partial charge in [0.05, 0.1) is 5.02 Å². The van der Waals surface area contributed by atoms with Crippen molar-refractivity contribution in [1.82, 2.24) is 14.8 Å². The van der Waals surface area contributed by atoms with Gasteiger partial charge in [-0.15, -0.1) is 10.2 Å². The second-order valence-electron chi connectivity index (χ2n) is 6.13. The largest absolute Gasteiger partial charge is 0.438 e. The zero-order valence-corrected chi connectivity index (χ0v) is 17.6. The van der Waals surface area contributed by atoms with Gasteiger partial charge in [0.1, 0.15) is 10.6 Å². The number of nitrogens with one attached hydrogen (secondary N) is 1. The van der Waals surface area contributed by atoms with Crippen LogP contribution in [0.1, 0.15) is 0 Å². The Morgan fingerprint density at radius 2 is 1.63 bits per heavy atom. The highest BCUT2D eigenvalue weighted by atomic mass is 35.5. The summed E-state index contributed by atoms with van der Waals surface area (Å²) in [4.78, 5) is -0.102. The second-order valence-corrected chi connectivity index (χ2v) is 8.62. The highest BCUT2D eigenvalue weighted by molar-refractivity contribution is 7.92. The first kappa shape index (κ1) is 20.2. The lowest BCUT2D eigenvalue weighted by atomic mass is 10.3. The van der Waals surface area contributed by atoms with Crippen LogP contribution in [-0.2, 0) is 10.0 Å². The van der Waals surface area contributed by atoms with E-state index >= 15 is 0 Å². The topological polar surface area (TPSA) is 86.1 Å². The highest BCUT2D eigenvalue weighted by Crippen LogP contribution is 2.28. The van der Waals surface area contributed by atoms with Crippen molar-refractivity contribution in [3.05, 3.63) is 89.2 Å². The van der Waals surface area contributed by atoms with Gasteiger partial charge in [0.2, 0.25) is 5.88 Å². The van der Waals surface area contributed by atoms with Crippen molar-refractivity contribution >= 4 is 38.9 Å². The summed E-state index contributed by atoms with van der Waals surface area (Å²) in [5, 5.41) is 8.49. The number of hydrogen-bond acceptors (Lipinski definition) is 5. The molecule has 0 fully saturated rings. The molecular weight excluding hydrogens is 447 g/mol. The van der Waals surface area contributed by atoms with E-state index in [-0.39, 0.29) is 14.9 Å². The molecule has 2 aromatic carbocycles. The Morgan fingerprint density at radius 1 is 0.900 bits per heavy atom. The maximum atomic E-state index is 12.6. The van der Waals surface area contributed by atoms with Crippen LogP contribution in [0.3, 0.4) is 0 Å². The number of sulfonamides is 1. The highest BCUT2D eigenvalue weighted by Gasteiger charge is 2.18. The molecule has 2 heterocycles. The summed E-state index contributed by atoms with van der Waals surface area (Å²) < 4.78 is 35.1. The van der Waals surface area contributed by atoms with Gasteiger partial charge in [-0.05, 0) is 60.7 Å². The molecule has 10 heteroatoms. The molecule has 7 nitrogen and oxygen atoms in total. The van der Waals surface area contributed by atoms with Crippen LogP contribution in [0.5, 0.6) is 11.6 Å². The molecule has 4 aromatic rings. The van der Waals surface area contributed by atoms with Crippen molar-refractivity contribution in [2.45, 2.75) is 4.90 Å². The number of rotatable bonds is 6. The smallest absolute Gasteiger partial charge is 0.263 e. The Kier molecular flexibility index (Phi) is 5.63. The standard InChI is InChI=1S/C20H14Cl2N4O3S/c21-14-3-8-17(22)18(13-14)30(27,28)25-15-4-6-16(7-5-15)29-20-10-9-19(23-24-20)26-11-1-2-12-26/h1-13,25H. The lowest BCUT2D eigenvalue weighted by Gasteiger charge is -2.11. The third-order valence-electron chi connectivity index (χ3n) is 4.01. The lowest BCUT2D eigenvalue weighted by molar-refractivity contribution is 0.454. The van der Waals surface area contributed by atoms with Crippen molar-refractivity contribution in [3.8, 4) is 17.4 Å². The maximum absolute atomic E-state index is 12.6. The van der Waals surface area contributed by atoms with E-state index in [0.29, 0.717) is 23.1 Å². The van der Waals surface area contributed by atoms with Gasteiger partial charge in [0.25, 0.3) is 10.0 Å². The number of aromatic nitrogens is 3. The van der Waals surface area contributed by atoms with E-state index < -0.39 is 10.0 Å². The molecule has 0 bridgehead atoms. The van der Waals surface area contributed by atoms with Gasteiger partial charge >= 0.3 is 0 Å².